The maximum Gasteiger partial charge on any atom is 0.245 e. The van der Waals surface area contributed by atoms with Crippen molar-refractivity contribution in [2.75, 3.05) is 12.3 Å². The average molecular weight is 306 g/mol. The summed E-state index contributed by atoms with van der Waals surface area (Å²) in [6.07, 6.45) is 0. The number of hydrogen-bond donors (Lipinski definition) is 2. The minimum Gasteiger partial charge on any atom is -0.399 e. The van der Waals surface area contributed by atoms with Gasteiger partial charge in [-0.3, -0.25) is 4.79 Å². The molecule has 0 radical (unpaired) electrons. The fourth-order valence-corrected chi connectivity index (χ4v) is 3.66. The Labute approximate surface area is 117 Å². The molecule has 1 amide bonds. The Morgan fingerprint density at radius 2 is 2.00 bits per heavy atom. The Balaban J connectivity index is 3.34. The molecule has 1 rings (SSSR count). The van der Waals surface area contributed by atoms with Gasteiger partial charge < -0.3 is 11.5 Å². The van der Waals surface area contributed by atoms with Gasteiger partial charge in [0, 0.05) is 11.7 Å². The van der Waals surface area contributed by atoms with Crippen LogP contribution in [0.1, 0.15) is 13.8 Å². The maximum absolute atomic E-state index is 12.5. The largest absolute Gasteiger partial charge is 0.399 e. The smallest absolute Gasteiger partial charge is 0.245 e. The summed E-state index contributed by atoms with van der Waals surface area (Å²) in [5.74, 6) is -0.739. The Morgan fingerprint density at radius 3 is 2.47 bits per heavy atom. The number of nitrogens with zero attached hydrogens (tertiary/aromatic N) is 1. The van der Waals surface area contributed by atoms with E-state index in [1.54, 1.807) is 13.8 Å². The van der Waals surface area contributed by atoms with Gasteiger partial charge in [0.15, 0.2) is 0 Å². The summed E-state index contributed by atoms with van der Waals surface area (Å²) in [5, 5.41) is 0.0457. The van der Waals surface area contributed by atoms with E-state index in [-0.39, 0.29) is 15.6 Å². The number of nitrogen functional groups attached to an aromatic ring is 1. The molecule has 4 N–H and O–H groups in total. The molecule has 0 spiro atoms. The van der Waals surface area contributed by atoms with Crippen molar-refractivity contribution in [1.82, 2.24) is 4.31 Å². The van der Waals surface area contributed by atoms with Crippen LogP contribution in [0.3, 0.4) is 0 Å². The summed E-state index contributed by atoms with van der Waals surface area (Å²) >= 11 is 5.89. The molecular weight excluding hydrogens is 290 g/mol. The molecule has 0 saturated carbocycles. The minimum absolute atomic E-state index is 0.0457. The minimum atomic E-state index is -3.93. The zero-order chi connectivity index (χ0) is 14.8. The van der Waals surface area contributed by atoms with Crippen molar-refractivity contribution in [3.05, 3.63) is 23.2 Å². The van der Waals surface area contributed by atoms with E-state index in [9.17, 15) is 13.2 Å². The van der Waals surface area contributed by atoms with Gasteiger partial charge in [-0.2, -0.15) is 4.31 Å². The van der Waals surface area contributed by atoms with Crippen LogP contribution in [0, 0.1) is 0 Å². The predicted octanol–water partition coefficient (Wildman–Crippen LogP) is 0.807. The van der Waals surface area contributed by atoms with Crippen LogP contribution in [-0.2, 0) is 14.8 Å². The highest BCUT2D eigenvalue weighted by molar-refractivity contribution is 7.89. The van der Waals surface area contributed by atoms with E-state index in [0.29, 0.717) is 0 Å². The van der Waals surface area contributed by atoms with Crippen molar-refractivity contribution in [1.29, 1.82) is 0 Å². The van der Waals surface area contributed by atoms with Crippen molar-refractivity contribution in [3.63, 3.8) is 0 Å². The molecule has 1 aromatic carbocycles. The monoisotopic (exact) mass is 305 g/mol. The Hall–Kier alpha value is -1.31. The Morgan fingerprint density at radius 1 is 1.42 bits per heavy atom. The van der Waals surface area contributed by atoms with Gasteiger partial charge in [-0.15, -0.1) is 0 Å². The second-order valence-corrected chi connectivity index (χ2v) is 6.57. The summed E-state index contributed by atoms with van der Waals surface area (Å²) in [6.45, 7) is 2.87. The van der Waals surface area contributed by atoms with Crippen LogP contribution in [-0.4, -0.2) is 31.2 Å². The highest BCUT2D eigenvalue weighted by atomic mass is 35.5. The first kappa shape index (κ1) is 15.7. The SMILES string of the molecule is CC(C)N(CC(N)=O)S(=O)(=O)c1cc(N)ccc1Cl. The molecule has 0 aliphatic heterocycles. The summed E-state index contributed by atoms with van der Waals surface area (Å²) in [6, 6.07) is 3.71. The third-order valence-corrected chi connectivity index (χ3v) is 4.93. The molecule has 0 aromatic heterocycles. The molecule has 0 unspecified atom stereocenters. The van der Waals surface area contributed by atoms with Crippen LogP contribution >= 0.6 is 11.6 Å². The van der Waals surface area contributed by atoms with Gasteiger partial charge in [-0.05, 0) is 32.0 Å². The van der Waals surface area contributed by atoms with Crippen LogP contribution in [0.5, 0.6) is 0 Å². The van der Waals surface area contributed by atoms with Gasteiger partial charge in [-0.25, -0.2) is 8.42 Å². The maximum atomic E-state index is 12.5. The van der Waals surface area contributed by atoms with Gasteiger partial charge in [0.1, 0.15) is 4.90 Å². The number of carbonyl (C=O) groups is 1. The van der Waals surface area contributed by atoms with Gasteiger partial charge in [-0.1, -0.05) is 11.6 Å². The fourth-order valence-electron chi connectivity index (χ4n) is 1.54. The second kappa shape index (κ2) is 5.77. The molecule has 0 atom stereocenters. The van der Waals surface area contributed by atoms with Crippen molar-refractivity contribution in [2.45, 2.75) is 24.8 Å². The summed E-state index contributed by atoms with van der Waals surface area (Å²) in [5.41, 5.74) is 10.9. The number of rotatable bonds is 5. The molecule has 6 nitrogen and oxygen atoms in total. The van der Waals surface area contributed by atoms with Crippen LogP contribution in [0.4, 0.5) is 5.69 Å². The topological polar surface area (TPSA) is 106 Å². The number of primary amides is 1. The molecule has 0 saturated heterocycles. The summed E-state index contributed by atoms with van der Waals surface area (Å²) < 4.78 is 25.9. The normalized spacial score (nSPS) is 12.1. The van der Waals surface area contributed by atoms with E-state index in [1.165, 1.54) is 18.2 Å². The van der Waals surface area contributed by atoms with Crippen molar-refractivity contribution in [2.24, 2.45) is 5.73 Å². The molecule has 0 aliphatic rings. The molecule has 8 heteroatoms. The summed E-state index contributed by atoms with van der Waals surface area (Å²) in [7, 11) is -3.93. The zero-order valence-electron chi connectivity index (χ0n) is 10.6. The van der Waals surface area contributed by atoms with E-state index >= 15 is 0 Å². The fraction of sp³-hybridized carbons (Fsp3) is 0.364. The molecule has 0 bridgehead atoms. The molecular formula is C11H16ClN3O3S. The highest BCUT2D eigenvalue weighted by Gasteiger charge is 2.30. The number of anilines is 1. The van der Waals surface area contributed by atoms with E-state index in [4.69, 9.17) is 23.1 Å². The van der Waals surface area contributed by atoms with Crippen molar-refractivity contribution in [3.8, 4) is 0 Å². The quantitative estimate of drug-likeness (QED) is 0.785. The van der Waals surface area contributed by atoms with Gasteiger partial charge in [0.25, 0.3) is 0 Å². The number of hydrogen-bond acceptors (Lipinski definition) is 4. The number of nitrogens with two attached hydrogens (primary N) is 2. The second-order valence-electron chi connectivity index (χ2n) is 4.30. The number of carbonyl (C=O) groups excluding carboxylic acids is 1. The van der Waals surface area contributed by atoms with Gasteiger partial charge in [0.2, 0.25) is 15.9 Å². The van der Waals surface area contributed by atoms with Crippen LogP contribution in [0.2, 0.25) is 5.02 Å². The molecule has 0 heterocycles. The van der Waals surface area contributed by atoms with Crippen molar-refractivity contribution >= 4 is 33.2 Å². The first-order valence-corrected chi connectivity index (χ1v) is 7.33. The van der Waals surface area contributed by atoms with E-state index in [2.05, 4.69) is 0 Å². The first-order chi connectivity index (χ1) is 8.66. The van der Waals surface area contributed by atoms with Gasteiger partial charge in [0.05, 0.1) is 11.6 Å². The lowest BCUT2D eigenvalue weighted by atomic mass is 10.3. The lowest BCUT2D eigenvalue weighted by molar-refractivity contribution is -0.118. The van der Waals surface area contributed by atoms with Gasteiger partial charge >= 0.3 is 0 Å². The summed E-state index contributed by atoms with van der Waals surface area (Å²) in [4.78, 5) is 10.9. The first-order valence-electron chi connectivity index (χ1n) is 5.51. The molecule has 106 valence electrons. The number of benzene rings is 1. The number of halogens is 1. The number of amides is 1. The van der Waals surface area contributed by atoms with E-state index < -0.39 is 28.5 Å². The molecule has 0 aliphatic carbocycles. The molecule has 19 heavy (non-hydrogen) atoms. The van der Waals surface area contributed by atoms with Crippen LogP contribution < -0.4 is 11.5 Å². The zero-order valence-corrected chi connectivity index (χ0v) is 12.2. The average Bonchev–Trinajstić information content (AvgIpc) is 2.28. The Kier molecular flexibility index (Phi) is 4.78. The molecule has 0 fully saturated rings. The predicted molar refractivity (Wildman–Crippen MR) is 74.1 cm³/mol. The highest BCUT2D eigenvalue weighted by Crippen LogP contribution is 2.27. The third-order valence-electron chi connectivity index (χ3n) is 2.43. The van der Waals surface area contributed by atoms with E-state index in [1.807, 2.05) is 0 Å². The van der Waals surface area contributed by atoms with E-state index in [0.717, 1.165) is 4.31 Å². The Bertz CT molecular complexity index is 587. The number of sulfonamides is 1. The lowest BCUT2D eigenvalue weighted by Crippen LogP contribution is -2.42. The third kappa shape index (κ3) is 3.59. The van der Waals surface area contributed by atoms with Crippen LogP contribution in [0.25, 0.3) is 0 Å². The standard InChI is InChI=1S/C11H16ClN3O3S/c1-7(2)15(6-11(14)16)19(17,18)10-5-8(13)3-4-9(10)12/h3-5,7H,6,13H2,1-2H3,(H2,14,16). The van der Waals surface area contributed by atoms with Crippen LogP contribution in [0.15, 0.2) is 23.1 Å². The van der Waals surface area contributed by atoms with Crippen molar-refractivity contribution < 1.29 is 13.2 Å². The lowest BCUT2D eigenvalue weighted by Gasteiger charge is -2.25. The molecule has 1 aromatic rings.